The van der Waals surface area contributed by atoms with Crippen molar-refractivity contribution in [3.63, 3.8) is 0 Å². The molecule has 1 aliphatic carbocycles. The summed E-state index contributed by atoms with van der Waals surface area (Å²) in [7, 11) is 1.65. The molecule has 2 N–H and O–H groups in total. The second kappa shape index (κ2) is 11.5. The Hall–Kier alpha value is -1.54. The molecule has 1 heterocycles. The lowest BCUT2D eigenvalue weighted by Gasteiger charge is -2.25. The molecule has 0 bridgehead atoms. The highest BCUT2D eigenvalue weighted by atomic mass is 16.7. The van der Waals surface area contributed by atoms with Crippen LogP contribution < -0.4 is 0 Å². The first kappa shape index (κ1) is 22.7. The summed E-state index contributed by atoms with van der Waals surface area (Å²) in [5.74, 6) is -2.11. The molecule has 2 rings (SSSR count). The SMILES string of the molecule is COCCCC1(/C=C/[C@H]2[C@H](O)CC(=O)[C@@H]2C/C=C\CCCC(=O)O)OCCO1. The number of hydrogen-bond donors (Lipinski definition) is 2. The zero-order valence-corrected chi connectivity index (χ0v) is 16.5. The Balaban J connectivity index is 1.94. The van der Waals surface area contributed by atoms with Gasteiger partial charge in [0.2, 0.25) is 0 Å². The molecule has 0 unspecified atom stereocenters. The van der Waals surface area contributed by atoms with Gasteiger partial charge in [0.25, 0.3) is 0 Å². The second-order valence-corrected chi connectivity index (χ2v) is 7.38. The summed E-state index contributed by atoms with van der Waals surface area (Å²) in [4.78, 5) is 22.8. The summed E-state index contributed by atoms with van der Waals surface area (Å²) in [6, 6.07) is 0. The highest BCUT2D eigenvalue weighted by molar-refractivity contribution is 5.84. The van der Waals surface area contributed by atoms with E-state index in [2.05, 4.69) is 0 Å². The molecular formula is C21H32O7. The molecule has 2 aliphatic rings. The Morgan fingerprint density at radius 3 is 2.71 bits per heavy atom. The lowest BCUT2D eigenvalue weighted by molar-refractivity contribution is -0.137. The Labute approximate surface area is 166 Å². The van der Waals surface area contributed by atoms with Crippen molar-refractivity contribution >= 4 is 11.8 Å². The van der Waals surface area contributed by atoms with Gasteiger partial charge in [-0.05, 0) is 31.8 Å². The molecule has 1 saturated carbocycles. The number of carboxylic acid groups (broad SMARTS) is 1. The number of methoxy groups -OCH3 is 1. The number of aliphatic hydroxyl groups is 1. The maximum atomic E-state index is 12.3. The third-order valence-electron chi connectivity index (χ3n) is 5.27. The monoisotopic (exact) mass is 396 g/mol. The number of ether oxygens (including phenoxy) is 3. The van der Waals surface area contributed by atoms with Gasteiger partial charge in [0.15, 0.2) is 5.79 Å². The first-order chi connectivity index (χ1) is 13.5. The highest BCUT2D eigenvalue weighted by Crippen LogP contribution is 2.35. The summed E-state index contributed by atoms with van der Waals surface area (Å²) < 4.78 is 16.7. The van der Waals surface area contributed by atoms with E-state index in [1.165, 1.54) is 0 Å². The van der Waals surface area contributed by atoms with Gasteiger partial charge >= 0.3 is 5.97 Å². The molecule has 0 radical (unpaired) electrons. The van der Waals surface area contributed by atoms with Crippen LogP contribution in [-0.2, 0) is 23.8 Å². The molecule has 2 fully saturated rings. The molecule has 1 saturated heterocycles. The molecule has 158 valence electrons. The van der Waals surface area contributed by atoms with E-state index in [0.29, 0.717) is 45.5 Å². The van der Waals surface area contributed by atoms with Crippen molar-refractivity contribution in [3.05, 3.63) is 24.3 Å². The molecule has 7 heteroatoms. The Bertz CT molecular complexity index is 563. The van der Waals surface area contributed by atoms with Crippen LogP contribution in [0.2, 0.25) is 0 Å². The Kier molecular flexibility index (Phi) is 9.31. The predicted molar refractivity (Wildman–Crippen MR) is 103 cm³/mol. The molecule has 0 aromatic heterocycles. The van der Waals surface area contributed by atoms with E-state index in [0.717, 1.165) is 6.42 Å². The van der Waals surface area contributed by atoms with Gasteiger partial charge in [0.05, 0.1) is 19.3 Å². The van der Waals surface area contributed by atoms with Crippen LogP contribution in [-0.4, -0.2) is 60.8 Å². The largest absolute Gasteiger partial charge is 0.481 e. The van der Waals surface area contributed by atoms with E-state index < -0.39 is 17.9 Å². The van der Waals surface area contributed by atoms with Crippen molar-refractivity contribution in [1.82, 2.24) is 0 Å². The molecular weight excluding hydrogens is 364 g/mol. The summed E-state index contributed by atoms with van der Waals surface area (Å²) in [6.45, 7) is 1.65. The average molecular weight is 396 g/mol. The minimum absolute atomic E-state index is 0.0547. The third kappa shape index (κ3) is 6.81. The smallest absolute Gasteiger partial charge is 0.303 e. The number of unbranched alkanes of at least 4 members (excludes halogenated alkanes) is 1. The zero-order chi connectivity index (χ0) is 20.4. The van der Waals surface area contributed by atoms with Crippen LogP contribution in [0.1, 0.15) is 44.9 Å². The number of carbonyl (C=O) groups excluding carboxylic acids is 1. The van der Waals surface area contributed by atoms with Crippen LogP contribution >= 0.6 is 0 Å². The Morgan fingerprint density at radius 2 is 2.04 bits per heavy atom. The lowest BCUT2D eigenvalue weighted by Crippen LogP contribution is -2.29. The number of hydrogen-bond acceptors (Lipinski definition) is 6. The van der Waals surface area contributed by atoms with Gasteiger partial charge < -0.3 is 24.4 Å². The molecule has 0 amide bonds. The van der Waals surface area contributed by atoms with Crippen LogP contribution in [0.15, 0.2) is 24.3 Å². The summed E-state index contributed by atoms with van der Waals surface area (Å²) in [6.07, 6.45) is 10.4. The average Bonchev–Trinajstić information content (AvgIpc) is 3.21. The molecule has 1 aliphatic heterocycles. The Morgan fingerprint density at radius 1 is 1.29 bits per heavy atom. The number of Topliss-reactive ketones (excluding diaryl/α,β-unsaturated/α-hetero) is 1. The number of allylic oxidation sites excluding steroid dienone is 2. The van der Waals surface area contributed by atoms with Crippen LogP contribution in [0.3, 0.4) is 0 Å². The van der Waals surface area contributed by atoms with Crippen LogP contribution in [0.5, 0.6) is 0 Å². The highest BCUT2D eigenvalue weighted by Gasteiger charge is 2.40. The standard InChI is InChI=1S/C21H32O7/c1-26-12-6-10-21(27-13-14-28-21)11-9-17-16(18(22)15-19(17)23)7-4-2-3-5-8-20(24)25/h2,4,9,11,16-17,19,23H,3,5-8,10,12-15H2,1H3,(H,24,25)/b4-2-,11-9+/t16-,17-,19-/m1/s1. The minimum atomic E-state index is -0.804. The van der Waals surface area contributed by atoms with E-state index >= 15 is 0 Å². The fraction of sp³-hybridized carbons (Fsp3) is 0.714. The van der Waals surface area contributed by atoms with Crippen molar-refractivity contribution < 1.29 is 34.0 Å². The van der Waals surface area contributed by atoms with Gasteiger partial charge in [-0.15, -0.1) is 0 Å². The summed E-state index contributed by atoms with van der Waals surface area (Å²) >= 11 is 0. The normalized spacial score (nSPS) is 27.4. The topological polar surface area (TPSA) is 102 Å². The van der Waals surface area contributed by atoms with Crippen molar-refractivity contribution in [3.8, 4) is 0 Å². The van der Waals surface area contributed by atoms with Gasteiger partial charge in [0, 0.05) is 44.8 Å². The van der Waals surface area contributed by atoms with Crippen molar-refractivity contribution in [2.75, 3.05) is 26.9 Å². The number of rotatable bonds is 12. The van der Waals surface area contributed by atoms with Gasteiger partial charge in [-0.1, -0.05) is 18.2 Å². The van der Waals surface area contributed by atoms with E-state index in [1.54, 1.807) is 7.11 Å². The van der Waals surface area contributed by atoms with E-state index in [9.17, 15) is 14.7 Å². The fourth-order valence-electron chi connectivity index (χ4n) is 3.77. The molecule has 0 aromatic carbocycles. The van der Waals surface area contributed by atoms with Crippen LogP contribution in [0, 0.1) is 11.8 Å². The summed E-state index contributed by atoms with van der Waals surface area (Å²) in [5, 5.41) is 19.0. The van der Waals surface area contributed by atoms with Crippen LogP contribution in [0.4, 0.5) is 0 Å². The number of aliphatic carboxylic acids is 1. The molecule has 0 spiro atoms. The third-order valence-corrected chi connectivity index (χ3v) is 5.27. The number of carbonyl (C=O) groups is 2. The van der Waals surface area contributed by atoms with Crippen molar-refractivity contribution in [1.29, 1.82) is 0 Å². The van der Waals surface area contributed by atoms with Gasteiger partial charge in [-0.2, -0.15) is 0 Å². The quantitative estimate of drug-likeness (QED) is 0.386. The predicted octanol–water partition coefficient (Wildman–Crippen LogP) is 2.48. The lowest BCUT2D eigenvalue weighted by atomic mass is 9.89. The fourth-order valence-corrected chi connectivity index (χ4v) is 3.77. The maximum absolute atomic E-state index is 12.3. The molecule has 0 aromatic rings. The number of aliphatic hydroxyl groups excluding tert-OH is 1. The van der Waals surface area contributed by atoms with Gasteiger partial charge in [0.1, 0.15) is 5.78 Å². The van der Waals surface area contributed by atoms with E-state index in [-0.39, 0.29) is 30.5 Å². The van der Waals surface area contributed by atoms with Gasteiger partial charge in [-0.3, -0.25) is 9.59 Å². The summed E-state index contributed by atoms with van der Waals surface area (Å²) in [5.41, 5.74) is 0. The zero-order valence-electron chi connectivity index (χ0n) is 16.5. The molecule has 3 atom stereocenters. The van der Waals surface area contributed by atoms with Crippen molar-refractivity contribution in [2.45, 2.75) is 56.8 Å². The first-order valence-corrected chi connectivity index (χ1v) is 10.0. The second-order valence-electron chi connectivity index (χ2n) is 7.38. The van der Waals surface area contributed by atoms with Gasteiger partial charge in [-0.25, -0.2) is 0 Å². The first-order valence-electron chi connectivity index (χ1n) is 10.0. The van der Waals surface area contributed by atoms with Crippen molar-refractivity contribution in [2.24, 2.45) is 11.8 Å². The number of carboxylic acids is 1. The van der Waals surface area contributed by atoms with E-state index in [4.69, 9.17) is 19.3 Å². The van der Waals surface area contributed by atoms with Crippen LogP contribution in [0.25, 0.3) is 0 Å². The van der Waals surface area contributed by atoms with E-state index in [1.807, 2.05) is 24.3 Å². The number of ketones is 1. The maximum Gasteiger partial charge on any atom is 0.303 e. The minimum Gasteiger partial charge on any atom is -0.481 e. The molecule has 7 nitrogen and oxygen atoms in total. The molecule has 28 heavy (non-hydrogen) atoms.